The van der Waals surface area contributed by atoms with Crippen molar-refractivity contribution in [1.29, 1.82) is 0 Å². The molecule has 1 aliphatic rings. The first-order chi connectivity index (χ1) is 13.7. The first-order valence-corrected chi connectivity index (χ1v) is 10.3. The van der Waals surface area contributed by atoms with Crippen LogP contribution >= 0.6 is 0 Å². The Labute approximate surface area is 173 Å². The zero-order chi connectivity index (χ0) is 20.8. The smallest absolute Gasteiger partial charge is 0.167 e. The first kappa shape index (κ1) is 19.9. The zero-order valence-corrected chi connectivity index (χ0v) is 17.9. The van der Waals surface area contributed by atoms with E-state index in [0.717, 1.165) is 41.2 Å². The fraction of sp³-hybridized carbons (Fsp3) is 0.400. The highest BCUT2D eigenvalue weighted by Crippen LogP contribution is 2.50. The molecule has 0 radical (unpaired) electrons. The molecule has 1 N–H and O–H groups in total. The van der Waals surface area contributed by atoms with Crippen molar-refractivity contribution in [3.05, 3.63) is 77.0 Å². The van der Waals surface area contributed by atoms with Crippen molar-refractivity contribution in [2.24, 2.45) is 5.41 Å². The highest BCUT2D eigenvalue weighted by molar-refractivity contribution is 5.60. The van der Waals surface area contributed by atoms with E-state index in [2.05, 4.69) is 62.1 Å². The van der Waals surface area contributed by atoms with Gasteiger partial charge in [-0.2, -0.15) is 0 Å². The van der Waals surface area contributed by atoms with Gasteiger partial charge in [-0.1, -0.05) is 68.4 Å². The Bertz CT molecular complexity index is 1000. The van der Waals surface area contributed by atoms with Crippen LogP contribution in [0.2, 0.25) is 0 Å². The number of likely N-dealkylation sites (tertiary alicyclic amines) is 1. The number of aryl methyl sites for hydroxylation is 1. The van der Waals surface area contributed by atoms with Gasteiger partial charge in [0.2, 0.25) is 0 Å². The molecule has 1 saturated heterocycles. The van der Waals surface area contributed by atoms with Gasteiger partial charge in [-0.3, -0.25) is 0 Å². The maximum absolute atomic E-state index is 12.3. The Hall–Kier alpha value is -2.43. The summed E-state index contributed by atoms with van der Waals surface area (Å²) in [5.74, 6) is 1.18. The van der Waals surface area contributed by atoms with Crippen LogP contribution in [0.5, 0.6) is 0 Å². The second-order valence-corrected chi connectivity index (χ2v) is 9.13. The Morgan fingerprint density at radius 3 is 2.31 bits per heavy atom. The maximum atomic E-state index is 12.3. The van der Waals surface area contributed by atoms with Crippen molar-refractivity contribution in [3.8, 4) is 11.3 Å². The number of aliphatic hydroxyl groups is 1. The minimum absolute atomic E-state index is 0.281. The number of hydrogen-bond donors (Lipinski definition) is 1. The summed E-state index contributed by atoms with van der Waals surface area (Å²) in [6.45, 7) is 10.1. The lowest BCUT2D eigenvalue weighted by molar-refractivity contribution is -0.127. The van der Waals surface area contributed by atoms with Crippen LogP contribution in [0.15, 0.2) is 59.1 Å². The van der Waals surface area contributed by atoms with Gasteiger partial charge in [0.05, 0.1) is 5.69 Å². The molecule has 0 amide bonds. The van der Waals surface area contributed by atoms with Gasteiger partial charge in [0.25, 0.3) is 0 Å². The topological polar surface area (TPSA) is 49.5 Å². The molecule has 0 spiro atoms. The van der Waals surface area contributed by atoms with E-state index in [1.165, 1.54) is 5.56 Å². The van der Waals surface area contributed by atoms with E-state index in [0.29, 0.717) is 5.92 Å². The summed E-state index contributed by atoms with van der Waals surface area (Å²) in [7, 11) is 2.09. The summed E-state index contributed by atoms with van der Waals surface area (Å²) >= 11 is 0. The number of aromatic nitrogens is 1. The van der Waals surface area contributed by atoms with E-state index in [1.807, 2.05) is 37.3 Å². The second-order valence-electron chi connectivity index (χ2n) is 9.13. The van der Waals surface area contributed by atoms with Gasteiger partial charge in [0.15, 0.2) is 5.76 Å². The molecule has 0 unspecified atom stereocenters. The van der Waals surface area contributed by atoms with Crippen LogP contribution in [0.3, 0.4) is 0 Å². The fourth-order valence-electron chi connectivity index (χ4n) is 4.74. The fourth-order valence-corrected chi connectivity index (χ4v) is 4.74. The molecule has 0 aliphatic carbocycles. The molecule has 1 atom stereocenters. The zero-order valence-electron chi connectivity index (χ0n) is 17.9. The minimum Gasteiger partial charge on any atom is -0.380 e. The molecular formula is C25H30N2O2. The average Bonchev–Trinajstić information content (AvgIpc) is 3.13. The highest BCUT2D eigenvalue weighted by Gasteiger charge is 2.55. The van der Waals surface area contributed by atoms with Crippen LogP contribution in [-0.2, 0) is 5.60 Å². The lowest BCUT2D eigenvalue weighted by Gasteiger charge is -2.56. The quantitative estimate of drug-likeness (QED) is 0.669. The van der Waals surface area contributed by atoms with Gasteiger partial charge in [-0.25, -0.2) is 0 Å². The molecule has 152 valence electrons. The second kappa shape index (κ2) is 7.12. The normalized spacial score (nSPS) is 18.4. The largest absolute Gasteiger partial charge is 0.380 e. The van der Waals surface area contributed by atoms with E-state index in [4.69, 9.17) is 4.52 Å². The van der Waals surface area contributed by atoms with E-state index in [-0.39, 0.29) is 5.41 Å². The van der Waals surface area contributed by atoms with Crippen molar-refractivity contribution in [1.82, 2.24) is 10.1 Å². The van der Waals surface area contributed by atoms with Crippen molar-refractivity contribution < 1.29 is 9.63 Å². The third-order valence-corrected chi connectivity index (χ3v) is 6.30. The Morgan fingerprint density at radius 2 is 1.76 bits per heavy atom. The standard InChI is InChI=1S/C25H30N2O2/c1-17(2)19-9-11-21(12-10-19)25(28,24(4)15-27(5)16-24)22-8-6-7-20(14-22)23-13-18(3)26-29-23/h6-14,17,28H,15-16H2,1-5H3/t25-/m1/s1. The highest BCUT2D eigenvalue weighted by atomic mass is 16.5. The summed E-state index contributed by atoms with van der Waals surface area (Å²) in [6, 6.07) is 18.4. The SMILES string of the molecule is Cc1cc(-c2cccc([C@](O)(c3ccc(C(C)C)cc3)C3(C)CN(C)C3)c2)on1. The number of hydrogen-bond acceptors (Lipinski definition) is 4. The summed E-state index contributed by atoms with van der Waals surface area (Å²) in [4.78, 5) is 2.25. The van der Waals surface area contributed by atoms with Gasteiger partial charge < -0.3 is 14.5 Å². The molecule has 2 aromatic carbocycles. The molecule has 1 aromatic heterocycles. The molecule has 4 rings (SSSR count). The van der Waals surface area contributed by atoms with Gasteiger partial charge in [0, 0.05) is 30.1 Å². The van der Waals surface area contributed by atoms with Gasteiger partial charge in [0.1, 0.15) is 5.60 Å². The molecule has 4 nitrogen and oxygen atoms in total. The summed E-state index contributed by atoms with van der Waals surface area (Å²) in [6.07, 6.45) is 0. The maximum Gasteiger partial charge on any atom is 0.167 e. The number of nitrogens with zero attached hydrogens (tertiary/aromatic N) is 2. The lowest BCUT2D eigenvalue weighted by Crippen LogP contribution is -2.63. The average molecular weight is 391 g/mol. The van der Waals surface area contributed by atoms with Crippen molar-refractivity contribution in [3.63, 3.8) is 0 Å². The molecule has 3 aromatic rings. The lowest BCUT2D eigenvalue weighted by atomic mass is 9.61. The molecule has 29 heavy (non-hydrogen) atoms. The van der Waals surface area contributed by atoms with E-state index in [1.54, 1.807) is 0 Å². The van der Waals surface area contributed by atoms with E-state index < -0.39 is 5.60 Å². The van der Waals surface area contributed by atoms with Crippen LogP contribution < -0.4 is 0 Å². The van der Waals surface area contributed by atoms with Crippen LogP contribution in [-0.4, -0.2) is 35.3 Å². The number of benzene rings is 2. The summed E-state index contributed by atoms with van der Waals surface area (Å²) < 4.78 is 5.47. The van der Waals surface area contributed by atoms with Gasteiger partial charge >= 0.3 is 0 Å². The Kier molecular flexibility index (Phi) is 4.88. The van der Waals surface area contributed by atoms with Crippen LogP contribution in [0.4, 0.5) is 0 Å². The molecule has 2 heterocycles. The van der Waals surface area contributed by atoms with Crippen molar-refractivity contribution in [2.75, 3.05) is 20.1 Å². The molecule has 1 aliphatic heterocycles. The molecular weight excluding hydrogens is 360 g/mol. The molecule has 1 fully saturated rings. The summed E-state index contributed by atoms with van der Waals surface area (Å²) in [5, 5.41) is 16.3. The summed E-state index contributed by atoms with van der Waals surface area (Å²) in [5.41, 5.74) is 3.49. The van der Waals surface area contributed by atoms with Gasteiger partial charge in [-0.15, -0.1) is 0 Å². The Morgan fingerprint density at radius 1 is 1.07 bits per heavy atom. The number of rotatable bonds is 5. The third kappa shape index (κ3) is 3.30. The molecule has 4 heteroatoms. The predicted molar refractivity (Wildman–Crippen MR) is 116 cm³/mol. The van der Waals surface area contributed by atoms with Crippen LogP contribution in [0.1, 0.15) is 49.1 Å². The predicted octanol–water partition coefficient (Wildman–Crippen LogP) is 4.96. The van der Waals surface area contributed by atoms with Crippen molar-refractivity contribution in [2.45, 2.75) is 39.2 Å². The van der Waals surface area contributed by atoms with E-state index >= 15 is 0 Å². The minimum atomic E-state index is -1.10. The van der Waals surface area contributed by atoms with E-state index in [9.17, 15) is 5.11 Å². The van der Waals surface area contributed by atoms with Gasteiger partial charge in [-0.05, 0) is 42.6 Å². The van der Waals surface area contributed by atoms with Crippen molar-refractivity contribution >= 4 is 0 Å². The first-order valence-electron chi connectivity index (χ1n) is 10.3. The van der Waals surface area contributed by atoms with Crippen LogP contribution in [0.25, 0.3) is 11.3 Å². The monoisotopic (exact) mass is 390 g/mol. The molecule has 0 bridgehead atoms. The Balaban J connectivity index is 1.83. The van der Waals surface area contributed by atoms with Crippen LogP contribution in [0, 0.1) is 12.3 Å². The molecule has 0 saturated carbocycles. The third-order valence-electron chi connectivity index (χ3n) is 6.30.